The molecule has 1 rings (SSSR count). The molecule has 0 aromatic heterocycles. The molecule has 0 atom stereocenters. The Balaban J connectivity index is 3.14. The van der Waals surface area contributed by atoms with Crippen LogP contribution in [0.3, 0.4) is 0 Å². The summed E-state index contributed by atoms with van der Waals surface area (Å²) in [6, 6.07) is 3.64. The number of aryl methyl sites for hydroxylation is 2. The molecule has 0 aliphatic heterocycles. The number of hydrogen-bond donors (Lipinski definition) is 2. The predicted molar refractivity (Wildman–Crippen MR) is 61.4 cm³/mol. The van der Waals surface area contributed by atoms with Crippen molar-refractivity contribution in [3.8, 4) is 5.75 Å². The SMILES string of the molecule is C=CCOc1c(C)cc(C)cc1B(O)O. The van der Waals surface area contributed by atoms with E-state index in [1.807, 2.05) is 19.9 Å². The Kier molecular flexibility index (Phi) is 3.94. The molecule has 0 bridgehead atoms. The lowest BCUT2D eigenvalue weighted by molar-refractivity contribution is 0.359. The minimum absolute atomic E-state index is 0.351. The first-order chi connectivity index (χ1) is 7.06. The van der Waals surface area contributed by atoms with E-state index in [0.717, 1.165) is 11.1 Å². The summed E-state index contributed by atoms with van der Waals surface area (Å²) < 4.78 is 5.40. The molecule has 0 heterocycles. The largest absolute Gasteiger partial charge is 0.492 e. The Morgan fingerprint density at radius 3 is 2.60 bits per heavy atom. The zero-order chi connectivity index (χ0) is 11.4. The fraction of sp³-hybridized carbons (Fsp3) is 0.273. The first kappa shape index (κ1) is 11.8. The van der Waals surface area contributed by atoms with Crippen LogP contribution in [0.1, 0.15) is 11.1 Å². The van der Waals surface area contributed by atoms with Crippen molar-refractivity contribution in [1.82, 2.24) is 0 Å². The molecule has 0 aliphatic rings. The zero-order valence-electron chi connectivity index (χ0n) is 9.03. The normalized spacial score (nSPS) is 9.87. The van der Waals surface area contributed by atoms with Crippen LogP contribution in [0.15, 0.2) is 24.8 Å². The minimum Gasteiger partial charge on any atom is -0.490 e. The molecule has 1 aromatic rings. The van der Waals surface area contributed by atoms with Crippen LogP contribution >= 0.6 is 0 Å². The molecule has 80 valence electrons. The second-order valence-corrected chi connectivity index (χ2v) is 3.47. The third-order valence-electron chi connectivity index (χ3n) is 2.07. The molecule has 0 saturated carbocycles. The molecular weight excluding hydrogens is 191 g/mol. The molecule has 0 radical (unpaired) electrons. The first-order valence-electron chi connectivity index (χ1n) is 4.77. The summed E-state index contributed by atoms with van der Waals surface area (Å²) in [7, 11) is -1.51. The highest BCUT2D eigenvalue weighted by atomic mass is 16.5. The molecule has 0 fully saturated rings. The van der Waals surface area contributed by atoms with Crippen molar-refractivity contribution >= 4 is 12.6 Å². The van der Waals surface area contributed by atoms with E-state index in [4.69, 9.17) is 4.74 Å². The maximum Gasteiger partial charge on any atom is 0.492 e. The highest BCUT2D eigenvalue weighted by molar-refractivity contribution is 6.59. The Morgan fingerprint density at radius 1 is 1.40 bits per heavy atom. The van der Waals surface area contributed by atoms with Crippen LogP contribution in [-0.4, -0.2) is 23.8 Å². The lowest BCUT2D eigenvalue weighted by Crippen LogP contribution is -2.32. The minimum atomic E-state index is -1.51. The van der Waals surface area contributed by atoms with E-state index in [1.54, 1.807) is 12.1 Å². The van der Waals surface area contributed by atoms with E-state index in [0.29, 0.717) is 17.8 Å². The van der Waals surface area contributed by atoms with E-state index in [2.05, 4.69) is 6.58 Å². The van der Waals surface area contributed by atoms with Gasteiger partial charge in [0.05, 0.1) is 0 Å². The standard InChI is InChI=1S/C11H15BO3/c1-4-5-15-11-9(3)6-8(2)7-10(11)12(13)14/h4,6-7,13-14H,1,5H2,2-3H3. The summed E-state index contributed by atoms with van der Waals surface area (Å²) in [6.45, 7) is 7.67. The second-order valence-electron chi connectivity index (χ2n) is 3.47. The summed E-state index contributed by atoms with van der Waals surface area (Å²) >= 11 is 0. The molecule has 15 heavy (non-hydrogen) atoms. The van der Waals surface area contributed by atoms with Crippen LogP contribution in [0.2, 0.25) is 0 Å². The summed E-state index contributed by atoms with van der Waals surface area (Å²) in [5.74, 6) is 0.524. The second kappa shape index (κ2) is 5.00. The van der Waals surface area contributed by atoms with Gasteiger partial charge >= 0.3 is 7.12 Å². The van der Waals surface area contributed by atoms with Crippen molar-refractivity contribution in [3.63, 3.8) is 0 Å². The topological polar surface area (TPSA) is 49.7 Å². The van der Waals surface area contributed by atoms with Crippen molar-refractivity contribution in [2.45, 2.75) is 13.8 Å². The molecule has 0 unspecified atom stereocenters. The monoisotopic (exact) mass is 206 g/mol. The average molecular weight is 206 g/mol. The van der Waals surface area contributed by atoms with Crippen LogP contribution in [0.4, 0.5) is 0 Å². The van der Waals surface area contributed by atoms with Gasteiger partial charge in [0, 0.05) is 5.46 Å². The van der Waals surface area contributed by atoms with Crippen molar-refractivity contribution in [2.24, 2.45) is 0 Å². The molecule has 0 spiro atoms. The van der Waals surface area contributed by atoms with Gasteiger partial charge < -0.3 is 14.8 Å². The van der Waals surface area contributed by atoms with Gasteiger partial charge in [-0.3, -0.25) is 0 Å². The third-order valence-corrected chi connectivity index (χ3v) is 2.07. The average Bonchev–Trinajstić information content (AvgIpc) is 2.15. The van der Waals surface area contributed by atoms with Gasteiger partial charge in [-0.2, -0.15) is 0 Å². The molecular formula is C11H15BO3. The number of hydrogen-bond acceptors (Lipinski definition) is 3. The van der Waals surface area contributed by atoms with Crippen molar-refractivity contribution in [2.75, 3.05) is 6.61 Å². The van der Waals surface area contributed by atoms with E-state index < -0.39 is 7.12 Å². The number of benzene rings is 1. The molecule has 0 saturated heterocycles. The Bertz CT molecular complexity index is 361. The third kappa shape index (κ3) is 2.84. The lowest BCUT2D eigenvalue weighted by atomic mass is 9.78. The van der Waals surface area contributed by atoms with Gasteiger partial charge in [0.25, 0.3) is 0 Å². The highest BCUT2D eigenvalue weighted by Gasteiger charge is 2.19. The Labute approximate surface area is 90.2 Å². The highest BCUT2D eigenvalue weighted by Crippen LogP contribution is 2.17. The van der Waals surface area contributed by atoms with Crippen LogP contribution in [0.5, 0.6) is 5.75 Å². The van der Waals surface area contributed by atoms with Crippen LogP contribution < -0.4 is 10.2 Å². The fourth-order valence-electron chi connectivity index (χ4n) is 1.52. The Hall–Kier alpha value is -1.26. The van der Waals surface area contributed by atoms with E-state index in [1.165, 1.54) is 0 Å². The molecule has 4 heteroatoms. The zero-order valence-corrected chi connectivity index (χ0v) is 9.03. The molecule has 3 nitrogen and oxygen atoms in total. The maximum absolute atomic E-state index is 9.20. The summed E-state index contributed by atoms with van der Waals surface area (Å²) in [5.41, 5.74) is 2.26. The van der Waals surface area contributed by atoms with Gasteiger partial charge in [-0.15, -0.1) is 0 Å². The predicted octanol–water partition coefficient (Wildman–Crippen LogP) is 0.548. The van der Waals surface area contributed by atoms with Crippen LogP contribution in [0.25, 0.3) is 0 Å². The van der Waals surface area contributed by atoms with E-state index in [-0.39, 0.29) is 0 Å². The van der Waals surface area contributed by atoms with Crippen molar-refractivity contribution < 1.29 is 14.8 Å². The molecule has 0 aliphatic carbocycles. The molecule has 2 N–H and O–H groups in total. The molecule has 1 aromatic carbocycles. The first-order valence-corrected chi connectivity index (χ1v) is 4.77. The van der Waals surface area contributed by atoms with E-state index >= 15 is 0 Å². The van der Waals surface area contributed by atoms with Crippen molar-refractivity contribution in [3.05, 3.63) is 35.9 Å². The maximum atomic E-state index is 9.20. The lowest BCUT2D eigenvalue weighted by Gasteiger charge is -2.13. The van der Waals surface area contributed by atoms with Gasteiger partial charge in [0.15, 0.2) is 0 Å². The van der Waals surface area contributed by atoms with Crippen LogP contribution in [-0.2, 0) is 0 Å². The van der Waals surface area contributed by atoms with Gasteiger partial charge in [0.2, 0.25) is 0 Å². The quantitative estimate of drug-likeness (QED) is 0.558. The summed E-state index contributed by atoms with van der Waals surface area (Å²) in [4.78, 5) is 0. The number of ether oxygens (including phenoxy) is 1. The Morgan fingerprint density at radius 2 is 2.07 bits per heavy atom. The van der Waals surface area contributed by atoms with Crippen molar-refractivity contribution in [1.29, 1.82) is 0 Å². The fourth-order valence-corrected chi connectivity index (χ4v) is 1.52. The summed E-state index contributed by atoms with van der Waals surface area (Å²) in [6.07, 6.45) is 1.62. The summed E-state index contributed by atoms with van der Waals surface area (Å²) in [5, 5.41) is 18.4. The van der Waals surface area contributed by atoms with Gasteiger partial charge in [0.1, 0.15) is 12.4 Å². The van der Waals surface area contributed by atoms with E-state index in [9.17, 15) is 10.0 Å². The van der Waals surface area contributed by atoms with Crippen LogP contribution in [0, 0.1) is 13.8 Å². The van der Waals surface area contributed by atoms with Gasteiger partial charge in [-0.1, -0.05) is 30.4 Å². The van der Waals surface area contributed by atoms with Gasteiger partial charge in [-0.05, 0) is 19.4 Å². The molecule has 0 amide bonds. The number of rotatable bonds is 4. The van der Waals surface area contributed by atoms with Gasteiger partial charge in [-0.25, -0.2) is 0 Å². The smallest absolute Gasteiger partial charge is 0.490 e.